The van der Waals surface area contributed by atoms with Gasteiger partial charge in [-0.25, -0.2) is 4.98 Å². The first-order valence-corrected chi connectivity index (χ1v) is 5.78. The SMILES string of the molecule is CNCC1CCCCN1c1ncc[nH]c1=O. The second-order valence-corrected chi connectivity index (χ2v) is 4.14. The largest absolute Gasteiger partial charge is 0.348 e. The van der Waals surface area contributed by atoms with Crippen LogP contribution >= 0.6 is 0 Å². The van der Waals surface area contributed by atoms with E-state index in [9.17, 15) is 4.79 Å². The van der Waals surface area contributed by atoms with Crippen molar-refractivity contribution in [3.8, 4) is 0 Å². The highest BCUT2D eigenvalue weighted by atomic mass is 16.1. The molecular weight excluding hydrogens is 204 g/mol. The standard InChI is InChI=1S/C11H18N4O/c1-12-8-9-4-2-3-7-15(9)10-11(16)14-6-5-13-10/h5-6,9,12H,2-4,7-8H2,1H3,(H,14,16). The van der Waals surface area contributed by atoms with E-state index in [1.165, 1.54) is 6.42 Å². The predicted octanol–water partition coefficient (Wildman–Crippen LogP) is 0.348. The maximum absolute atomic E-state index is 11.7. The first kappa shape index (κ1) is 11.1. The zero-order chi connectivity index (χ0) is 11.4. The van der Waals surface area contributed by atoms with Gasteiger partial charge in [-0.15, -0.1) is 0 Å². The number of rotatable bonds is 3. The average Bonchev–Trinajstić information content (AvgIpc) is 2.31. The molecule has 1 atom stereocenters. The minimum Gasteiger partial charge on any atom is -0.348 e. The van der Waals surface area contributed by atoms with Crippen LogP contribution in [0.1, 0.15) is 19.3 Å². The fourth-order valence-electron chi connectivity index (χ4n) is 2.28. The summed E-state index contributed by atoms with van der Waals surface area (Å²) in [6.07, 6.45) is 6.70. The lowest BCUT2D eigenvalue weighted by Crippen LogP contribution is -2.47. The zero-order valence-corrected chi connectivity index (χ0v) is 9.57. The molecule has 0 aliphatic carbocycles. The molecule has 1 aliphatic heterocycles. The molecular formula is C11H18N4O. The van der Waals surface area contributed by atoms with Crippen molar-refractivity contribution in [1.82, 2.24) is 15.3 Å². The van der Waals surface area contributed by atoms with Crippen LogP contribution in [-0.2, 0) is 0 Å². The number of anilines is 1. The average molecular weight is 222 g/mol. The van der Waals surface area contributed by atoms with Crippen LogP contribution in [0.2, 0.25) is 0 Å². The molecule has 88 valence electrons. The summed E-state index contributed by atoms with van der Waals surface area (Å²) >= 11 is 0. The molecule has 1 saturated heterocycles. The van der Waals surface area contributed by atoms with Crippen molar-refractivity contribution in [1.29, 1.82) is 0 Å². The third-order valence-corrected chi connectivity index (χ3v) is 3.03. The van der Waals surface area contributed by atoms with E-state index in [4.69, 9.17) is 0 Å². The molecule has 5 nitrogen and oxygen atoms in total. The Bertz CT molecular complexity index is 388. The Labute approximate surface area is 94.9 Å². The summed E-state index contributed by atoms with van der Waals surface area (Å²) in [7, 11) is 1.94. The molecule has 1 unspecified atom stereocenters. The fourth-order valence-corrected chi connectivity index (χ4v) is 2.28. The number of nitrogens with zero attached hydrogens (tertiary/aromatic N) is 2. The lowest BCUT2D eigenvalue weighted by molar-refractivity contribution is 0.442. The molecule has 0 aromatic carbocycles. The van der Waals surface area contributed by atoms with Crippen LogP contribution in [0.25, 0.3) is 0 Å². The van der Waals surface area contributed by atoms with E-state index in [0.29, 0.717) is 11.9 Å². The molecule has 0 saturated carbocycles. The maximum atomic E-state index is 11.7. The summed E-state index contributed by atoms with van der Waals surface area (Å²) in [5.74, 6) is 0.558. The van der Waals surface area contributed by atoms with Gasteiger partial charge in [0, 0.05) is 31.5 Å². The van der Waals surface area contributed by atoms with Crippen molar-refractivity contribution in [3.63, 3.8) is 0 Å². The topological polar surface area (TPSA) is 61.0 Å². The number of hydrogen-bond donors (Lipinski definition) is 2. The first-order chi connectivity index (χ1) is 7.83. The number of likely N-dealkylation sites (N-methyl/N-ethyl adjacent to an activating group) is 1. The Morgan fingerprint density at radius 3 is 3.25 bits per heavy atom. The number of aromatic nitrogens is 2. The number of nitrogens with one attached hydrogen (secondary N) is 2. The molecule has 0 amide bonds. The molecule has 5 heteroatoms. The van der Waals surface area contributed by atoms with E-state index < -0.39 is 0 Å². The van der Waals surface area contributed by atoms with Crippen molar-refractivity contribution < 1.29 is 0 Å². The van der Waals surface area contributed by atoms with Gasteiger partial charge in [0.25, 0.3) is 5.56 Å². The van der Waals surface area contributed by atoms with Crippen LogP contribution in [0, 0.1) is 0 Å². The Hall–Kier alpha value is -1.36. The summed E-state index contributed by atoms with van der Waals surface area (Å²) in [5, 5.41) is 3.17. The first-order valence-electron chi connectivity index (χ1n) is 5.78. The molecule has 2 rings (SSSR count). The van der Waals surface area contributed by atoms with E-state index in [-0.39, 0.29) is 5.56 Å². The molecule has 1 fully saturated rings. The lowest BCUT2D eigenvalue weighted by atomic mass is 10.0. The van der Waals surface area contributed by atoms with Gasteiger partial charge in [0.05, 0.1) is 0 Å². The number of piperidine rings is 1. The van der Waals surface area contributed by atoms with Gasteiger partial charge in [0.1, 0.15) is 0 Å². The van der Waals surface area contributed by atoms with Gasteiger partial charge in [0.15, 0.2) is 5.82 Å². The van der Waals surface area contributed by atoms with Gasteiger partial charge in [-0.2, -0.15) is 0 Å². The van der Waals surface area contributed by atoms with Gasteiger partial charge < -0.3 is 15.2 Å². The molecule has 0 spiro atoms. The third-order valence-electron chi connectivity index (χ3n) is 3.03. The fraction of sp³-hybridized carbons (Fsp3) is 0.636. The second kappa shape index (κ2) is 5.12. The number of H-pyrrole nitrogens is 1. The predicted molar refractivity (Wildman–Crippen MR) is 63.8 cm³/mol. The van der Waals surface area contributed by atoms with E-state index in [1.54, 1.807) is 12.4 Å². The monoisotopic (exact) mass is 222 g/mol. The van der Waals surface area contributed by atoms with Crippen molar-refractivity contribution in [2.24, 2.45) is 0 Å². The van der Waals surface area contributed by atoms with Crippen LogP contribution in [-0.4, -0.2) is 36.1 Å². The number of hydrogen-bond acceptors (Lipinski definition) is 4. The van der Waals surface area contributed by atoms with Crippen LogP contribution in [0.5, 0.6) is 0 Å². The van der Waals surface area contributed by atoms with Crippen molar-refractivity contribution in [2.75, 3.05) is 25.0 Å². The third kappa shape index (κ3) is 2.24. The highest BCUT2D eigenvalue weighted by Gasteiger charge is 2.24. The summed E-state index contributed by atoms with van der Waals surface area (Å²) in [5.41, 5.74) is -0.0921. The van der Waals surface area contributed by atoms with E-state index >= 15 is 0 Å². The van der Waals surface area contributed by atoms with Crippen LogP contribution < -0.4 is 15.8 Å². The molecule has 2 N–H and O–H groups in total. The maximum Gasteiger partial charge on any atom is 0.290 e. The molecule has 1 aromatic heterocycles. The Morgan fingerprint density at radius 2 is 2.50 bits per heavy atom. The van der Waals surface area contributed by atoms with Crippen LogP contribution in [0.15, 0.2) is 17.2 Å². The summed E-state index contributed by atoms with van der Waals surface area (Å²) < 4.78 is 0. The summed E-state index contributed by atoms with van der Waals surface area (Å²) in [4.78, 5) is 20.7. The second-order valence-electron chi connectivity index (χ2n) is 4.14. The van der Waals surface area contributed by atoms with Crippen LogP contribution in [0.4, 0.5) is 5.82 Å². The Kier molecular flexibility index (Phi) is 3.56. The van der Waals surface area contributed by atoms with Gasteiger partial charge >= 0.3 is 0 Å². The molecule has 0 radical (unpaired) electrons. The molecule has 16 heavy (non-hydrogen) atoms. The van der Waals surface area contributed by atoms with Gasteiger partial charge in [-0.3, -0.25) is 4.79 Å². The van der Waals surface area contributed by atoms with E-state index in [2.05, 4.69) is 20.2 Å². The Morgan fingerprint density at radius 1 is 1.62 bits per heavy atom. The zero-order valence-electron chi connectivity index (χ0n) is 9.57. The van der Waals surface area contributed by atoms with Crippen molar-refractivity contribution in [2.45, 2.75) is 25.3 Å². The molecule has 2 heterocycles. The Balaban J connectivity index is 2.23. The highest BCUT2D eigenvalue weighted by Crippen LogP contribution is 2.19. The van der Waals surface area contributed by atoms with Gasteiger partial charge in [-0.1, -0.05) is 0 Å². The quantitative estimate of drug-likeness (QED) is 0.774. The minimum atomic E-state index is -0.0921. The molecule has 0 bridgehead atoms. The summed E-state index contributed by atoms with van der Waals surface area (Å²) in [6, 6.07) is 0.384. The van der Waals surface area contributed by atoms with Gasteiger partial charge in [0.2, 0.25) is 0 Å². The van der Waals surface area contributed by atoms with Gasteiger partial charge in [-0.05, 0) is 26.3 Å². The number of aromatic amines is 1. The van der Waals surface area contributed by atoms with Crippen molar-refractivity contribution in [3.05, 3.63) is 22.7 Å². The van der Waals surface area contributed by atoms with E-state index in [0.717, 1.165) is 25.9 Å². The van der Waals surface area contributed by atoms with E-state index in [1.807, 2.05) is 7.05 Å². The molecule has 1 aromatic rings. The molecule has 1 aliphatic rings. The normalized spacial score (nSPS) is 21.1. The highest BCUT2D eigenvalue weighted by molar-refractivity contribution is 5.37. The van der Waals surface area contributed by atoms with Crippen LogP contribution in [0.3, 0.4) is 0 Å². The lowest BCUT2D eigenvalue weighted by Gasteiger charge is -2.35. The summed E-state index contributed by atoms with van der Waals surface area (Å²) in [6.45, 7) is 1.82. The smallest absolute Gasteiger partial charge is 0.290 e. The minimum absolute atomic E-state index is 0.0921. The van der Waals surface area contributed by atoms with Crippen molar-refractivity contribution >= 4 is 5.82 Å².